The van der Waals surface area contributed by atoms with E-state index >= 15 is 0 Å². The molecule has 0 heterocycles. The molecule has 0 aliphatic heterocycles. The van der Waals surface area contributed by atoms with Crippen LogP contribution in [0.2, 0.25) is 0 Å². The molecule has 1 rings (SSSR count). The Labute approximate surface area is 191 Å². The van der Waals surface area contributed by atoms with Crippen LogP contribution in [-0.2, 0) is 4.79 Å². The Bertz CT molecular complexity index is 917. The number of hydrogen-bond acceptors (Lipinski definition) is 5. The van der Waals surface area contributed by atoms with Gasteiger partial charge in [-0.1, -0.05) is 57.9 Å². The van der Waals surface area contributed by atoms with Crippen molar-refractivity contribution in [3.63, 3.8) is 0 Å². The summed E-state index contributed by atoms with van der Waals surface area (Å²) in [5, 5.41) is 3.18. The first-order valence-corrected chi connectivity index (χ1v) is 11.6. The number of carbonyl (C=O) groups excluding carboxylic acids is 1. The monoisotopic (exact) mass is 439 g/mol. The fourth-order valence-electron chi connectivity index (χ4n) is 3.01. The summed E-state index contributed by atoms with van der Waals surface area (Å²) in [5.41, 5.74) is 1.78. The number of nitroso groups, excluding NO2 is 1. The van der Waals surface area contributed by atoms with Gasteiger partial charge in [-0.05, 0) is 60.5 Å². The van der Waals surface area contributed by atoms with Gasteiger partial charge in [0.25, 0.3) is 0 Å². The minimum atomic E-state index is -0.687. The van der Waals surface area contributed by atoms with Crippen LogP contribution >= 0.6 is 11.8 Å². The topological polar surface area (TPSA) is 55.7 Å². The molecule has 0 bridgehead atoms. The van der Waals surface area contributed by atoms with E-state index in [0.717, 1.165) is 16.7 Å². The highest BCUT2D eigenvalue weighted by molar-refractivity contribution is 7.99. The van der Waals surface area contributed by atoms with Crippen molar-refractivity contribution in [3.05, 3.63) is 63.7 Å². The van der Waals surface area contributed by atoms with Crippen LogP contribution in [0.3, 0.4) is 0 Å². The number of hydrogen-bond donors (Lipinski definition) is 0. The second-order valence-corrected chi connectivity index (χ2v) is 9.26. The van der Waals surface area contributed by atoms with Crippen LogP contribution in [-0.4, -0.2) is 17.5 Å². The van der Waals surface area contributed by atoms with Gasteiger partial charge in [-0.25, -0.2) is 0 Å². The van der Waals surface area contributed by atoms with Gasteiger partial charge in [-0.3, -0.25) is 4.79 Å². The third kappa shape index (κ3) is 8.22. The quantitative estimate of drug-likeness (QED) is 0.162. The van der Waals surface area contributed by atoms with Gasteiger partial charge in [0.2, 0.25) is 5.44 Å². The number of allylic oxidation sites excluding steroid dienone is 5. The van der Waals surface area contributed by atoms with Crippen molar-refractivity contribution in [2.75, 3.05) is 6.26 Å². The number of nitrogens with zero attached hydrogens (tertiary/aromatic N) is 1. The van der Waals surface area contributed by atoms with E-state index in [1.807, 2.05) is 90.3 Å². The molecular weight excluding hydrogens is 406 g/mol. The van der Waals surface area contributed by atoms with E-state index in [0.29, 0.717) is 11.4 Å². The van der Waals surface area contributed by atoms with Crippen molar-refractivity contribution in [1.82, 2.24) is 0 Å². The Morgan fingerprint density at radius 3 is 2.55 bits per heavy atom. The number of rotatable bonds is 11. The van der Waals surface area contributed by atoms with Crippen LogP contribution in [0, 0.1) is 35.5 Å². The Morgan fingerprint density at radius 1 is 1.35 bits per heavy atom. The lowest BCUT2D eigenvalue weighted by atomic mass is 9.83. The summed E-state index contributed by atoms with van der Waals surface area (Å²) in [6.07, 6.45) is 15.0. The molecule has 0 amide bonds. The third-order valence-electron chi connectivity index (χ3n) is 4.69. The first-order valence-electron chi connectivity index (χ1n) is 10.3. The normalized spacial score (nSPS) is 13.9. The molecule has 1 unspecified atom stereocenters. The Hall–Kier alpha value is -2.58. The average Bonchev–Trinajstić information content (AvgIpc) is 2.71. The molecule has 4 nitrogen and oxygen atoms in total. The lowest BCUT2D eigenvalue weighted by Crippen LogP contribution is -2.29. The number of benzene rings is 1. The van der Waals surface area contributed by atoms with E-state index in [1.54, 1.807) is 0 Å². The number of Topliss-reactive ketones (excluding diaryl/α,β-unsaturated/α-hetero) is 1. The second kappa shape index (κ2) is 12.3. The molecular formula is C26H33NO3S. The molecule has 1 atom stereocenters. The first kappa shape index (κ1) is 26.5. The number of thioether (sulfide) groups is 1. The molecule has 0 radical (unpaired) electrons. The fraction of sp³-hybridized carbons (Fsp3) is 0.423. The SMILES string of the molecule is C#CC(C=CC)=Cc1cc(OC(SC)C(=O)CC(C)(C)/C(=C/C(C)C)N=O)ccc1C. The molecule has 0 aromatic heterocycles. The highest BCUT2D eigenvalue weighted by Crippen LogP contribution is 2.34. The molecule has 0 N–H and O–H groups in total. The first-order chi connectivity index (χ1) is 14.6. The molecule has 0 saturated heterocycles. The molecule has 1 aromatic rings. The number of ketones is 1. The van der Waals surface area contributed by atoms with Gasteiger partial charge in [0, 0.05) is 17.4 Å². The van der Waals surface area contributed by atoms with Crippen LogP contribution in [0.5, 0.6) is 5.75 Å². The van der Waals surface area contributed by atoms with Gasteiger partial charge < -0.3 is 4.74 Å². The van der Waals surface area contributed by atoms with Crippen LogP contribution in [0.4, 0.5) is 0 Å². The van der Waals surface area contributed by atoms with Crippen LogP contribution in [0.25, 0.3) is 6.08 Å². The largest absolute Gasteiger partial charge is 0.472 e. The van der Waals surface area contributed by atoms with Crippen molar-refractivity contribution in [1.29, 1.82) is 0 Å². The molecule has 0 aliphatic carbocycles. The van der Waals surface area contributed by atoms with Crippen LogP contribution < -0.4 is 4.74 Å². The van der Waals surface area contributed by atoms with Crippen molar-refractivity contribution < 1.29 is 9.53 Å². The van der Waals surface area contributed by atoms with E-state index in [9.17, 15) is 9.70 Å². The summed E-state index contributed by atoms with van der Waals surface area (Å²) in [6, 6.07) is 5.67. The molecule has 0 aliphatic rings. The molecule has 31 heavy (non-hydrogen) atoms. The average molecular weight is 440 g/mol. The zero-order chi connectivity index (χ0) is 23.6. The number of carbonyl (C=O) groups is 1. The molecule has 0 fully saturated rings. The summed E-state index contributed by atoms with van der Waals surface area (Å²) in [5.74, 6) is 3.33. The molecule has 0 spiro atoms. The lowest BCUT2D eigenvalue weighted by molar-refractivity contribution is -0.123. The van der Waals surface area contributed by atoms with Crippen molar-refractivity contribution in [2.24, 2.45) is 16.5 Å². The van der Waals surface area contributed by atoms with Crippen LogP contribution in [0.1, 0.15) is 52.2 Å². The Morgan fingerprint density at radius 2 is 2.03 bits per heavy atom. The Balaban J connectivity index is 3.10. The smallest absolute Gasteiger partial charge is 0.202 e. The zero-order valence-electron chi connectivity index (χ0n) is 19.6. The van der Waals surface area contributed by atoms with E-state index in [1.165, 1.54) is 11.8 Å². The van der Waals surface area contributed by atoms with E-state index in [2.05, 4.69) is 11.1 Å². The molecule has 1 aromatic carbocycles. The maximum absolute atomic E-state index is 13.0. The highest BCUT2D eigenvalue weighted by Gasteiger charge is 2.32. The van der Waals surface area contributed by atoms with Gasteiger partial charge in [0.15, 0.2) is 5.78 Å². The molecule has 166 valence electrons. The summed E-state index contributed by atoms with van der Waals surface area (Å²) in [4.78, 5) is 24.3. The van der Waals surface area contributed by atoms with Gasteiger partial charge in [-0.2, -0.15) is 0 Å². The van der Waals surface area contributed by atoms with E-state index < -0.39 is 10.9 Å². The zero-order valence-corrected chi connectivity index (χ0v) is 20.4. The summed E-state index contributed by atoms with van der Waals surface area (Å²) in [6.45, 7) is 11.6. The fourth-order valence-corrected chi connectivity index (χ4v) is 3.56. The summed E-state index contributed by atoms with van der Waals surface area (Å²) in [7, 11) is 0. The standard InChI is InChI=1S/C26H33NO3S/c1-9-11-20(10-2)15-21-16-22(13-12-19(21)5)30-25(31-8)23(28)17-26(6,7)24(27-29)14-18(3)4/h2,9,11-16,18,25H,17H2,1,3-8H3/b11-9?,20-15?,24-14-. The maximum Gasteiger partial charge on any atom is 0.202 e. The van der Waals surface area contributed by atoms with E-state index in [-0.39, 0.29) is 18.1 Å². The minimum absolute atomic E-state index is 0.0910. The highest BCUT2D eigenvalue weighted by atomic mass is 32.2. The summed E-state index contributed by atoms with van der Waals surface area (Å²) >= 11 is 1.32. The number of ether oxygens (including phenoxy) is 1. The number of aryl methyl sites for hydroxylation is 1. The lowest BCUT2D eigenvalue weighted by Gasteiger charge is -2.26. The molecule has 0 saturated carbocycles. The second-order valence-electron chi connectivity index (χ2n) is 8.36. The van der Waals surface area contributed by atoms with Crippen molar-refractivity contribution >= 4 is 23.6 Å². The van der Waals surface area contributed by atoms with Gasteiger partial charge >= 0.3 is 0 Å². The Kier molecular flexibility index (Phi) is 10.5. The number of terminal acetylenes is 1. The van der Waals surface area contributed by atoms with Crippen LogP contribution in [0.15, 0.2) is 52.9 Å². The summed E-state index contributed by atoms with van der Waals surface area (Å²) < 4.78 is 6.02. The predicted octanol–water partition coefficient (Wildman–Crippen LogP) is 6.95. The van der Waals surface area contributed by atoms with Gasteiger partial charge in [-0.15, -0.1) is 23.1 Å². The minimum Gasteiger partial charge on any atom is -0.472 e. The van der Waals surface area contributed by atoms with Crippen molar-refractivity contribution in [3.8, 4) is 18.1 Å². The van der Waals surface area contributed by atoms with Gasteiger partial charge in [0.1, 0.15) is 5.75 Å². The third-order valence-corrected chi connectivity index (χ3v) is 5.48. The molecule has 5 heteroatoms. The predicted molar refractivity (Wildman–Crippen MR) is 133 cm³/mol. The maximum atomic E-state index is 13.0. The van der Waals surface area contributed by atoms with E-state index in [4.69, 9.17) is 11.2 Å². The van der Waals surface area contributed by atoms with Crippen molar-refractivity contribution in [2.45, 2.75) is 53.4 Å². The van der Waals surface area contributed by atoms with Gasteiger partial charge in [0.05, 0.1) is 5.70 Å².